The van der Waals surface area contributed by atoms with Gasteiger partial charge in [-0.3, -0.25) is 4.79 Å². The van der Waals surface area contributed by atoms with Crippen molar-refractivity contribution in [3.63, 3.8) is 0 Å². The molecule has 2 aromatic carbocycles. The minimum absolute atomic E-state index is 0.0338. The van der Waals surface area contributed by atoms with E-state index in [9.17, 15) is 4.79 Å². The lowest BCUT2D eigenvalue weighted by Gasteiger charge is -2.14. The molecule has 0 atom stereocenters. The number of pyridine rings is 1. The molecule has 0 saturated carbocycles. The van der Waals surface area contributed by atoms with Gasteiger partial charge in [-0.15, -0.1) is 11.3 Å². The number of aromatic amines is 1. The highest BCUT2D eigenvalue weighted by atomic mass is 32.1. The predicted octanol–water partition coefficient (Wildman–Crippen LogP) is 5.76. The first-order valence-corrected chi connectivity index (χ1v) is 9.80. The van der Waals surface area contributed by atoms with Crippen LogP contribution in [0.15, 0.2) is 52.6 Å². The van der Waals surface area contributed by atoms with Crippen molar-refractivity contribution < 1.29 is 4.74 Å². The van der Waals surface area contributed by atoms with Crippen molar-refractivity contribution in [2.75, 3.05) is 7.11 Å². The monoisotopic (exact) mass is 363 g/mol. The molecule has 0 unspecified atom stereocenters. The minimum Gasteiger partial charge on any atom is -0.496 e. The van der Waals surface area contributed by atoms with E-state index in [1.165, 1.54) is 29.7 Å². The summed E-state index contributed by atoms with van der Waals surface area (Å²) in [5, 5.41) is 4.00. The summed E-state index contributed by atoms with van der Waals surface area (Å²) in [6, 6.07) is 14.6. The van der Waals surface area contributed by atoms with E-state index in [0.717, 1.165) is 44.3 Å². The van der Waals surface area contributed by atoms with Gasteiger partial charge in [-0.05, 0) is 47.5 Å². The molecule has 4 heteroatoms. The zero-order valence-electron chi connectivity index (χ0n) is 15.0. The van der Waals surface area contributed by atoms with Gasteiger partial charge in [-0.2, -0.15) is 0 Å². The van der Waals surface area contributed by atoms with E-state index in [2.05, 4.69) is 36.2 Å². The van der Waals surface area contributed by atoms with Gasteiger partial charge in [0.2, 0.25) is 0 Å². The van der Waals surface area contributed by atoms with Gasteiger partial charge in [0.15, 0.2) is 0 Å². The molecule has 0 aliphatic heterocycles. The maximum Gasteiger partial charge on any atom is 0.266 e. The number of aryl methyl sites for hydroxylation is 1. The molecule has 4 rings (SSSR count). The number of hydrogen-bond donors (Lipinski definition) is 1. The number of aromatic nitrogens is 1. The van der Waals surface area contributed by atoms with Crippen LogP contribution >= 0.6 is 11.3 Å². The molecule has 2 aromatic heterocycles. The molecule has 3 nitrogen and oxygen atoms in total. The number of nitrogens with one attached hydrogen (secondary N) is 1. The molecule has 2 heterocycles. The molecule has 0 bridgehead atoms. The van der Waals surface area contributed by atoms with E-state index >= 15 is 0 Å². The molecular weight excluding hydrogens is 342 g/mol. The third-order valence-corrected chi connectivity index (χ3v) is 5.75. The average Bonchev–Trinajstić information content (AvgIpc) is 3.17. The van der Waals surface area contributed by atoms with Crippen molar-refractivity contribution in [3.05, 3.63) is 63.8 Å². The molecule has 0 aliphatic carbocycles. The second-order valence-corrected chi connectivity index (χ2v) is 7.40. The Balaban J connectivity index is 1.98. The smallest absolute Gasteiger partial charge is 0.266 e. The van der Waals surface area contributed by atoms with Crippen LogP contribution in [0.1, 0.15) is 25.3 Å². The van der Waals surface area contributed by atoms with E-state index in [1.807, 2.05) is 23.6 Å². The number of methoxy groups -OCH3 is 1. The Kier molecular flexibility index (Phi) is 4.51. The SMILES string of the molecule is CCCCc1ccc(-c2c(OC)ccc3[nH]c(=O)c4sccc4c23)cc1. The number of benzene rings is 2. The molecule has 0 fully saturated rings. The summed E-state index contributed by atoms with van der Waals surface area (Å²) in [5.74, 6) is 0.818. The Morgan fingerprint density at radius 1 is 1.08 bits per heavy atom. The summed E-state index contributed by atoms with van der Waals surface area (Å²) >= 11 is 1.47. The van der Waals surface area contributed by atoms with Crippen molar-refractivity contribution >= 4 is 32.3 Å². The molecule has 4 aromatic rings. The van der Waals surface area contributed by atoms with E-state index in [-0.39, 0.29) is 5.56 Å². The molecule has 26 heavy (non-hydrogen) atoms. The van der Waals surface area contributed by atoms with Crippen LogP contribution in [-0.2, 0) is 6.42 Å². The first-order chi connectivity index (χ1) is 12.7. The highest BCUT2D eigenvalue weighted by molar-refractivity contribution is 7.17. The first kappa shape index (κ1) is 16.9. The van der Waals surface area contributed by atoms with Gasteiger partial charge >= 0.3 is 0 Å². The van der Waals surface area contributed by atoms with Crippen LogP contribution in [0.4, 0.5) is 0 Å². The zero-order chi connectivity index (χ0) is 18.1. The highest BCUT2D eigenvalue weighted by Gasteiger charge is 2.16. The largest absolute Gasteiger partial charge is 0.496 e. The van der Waals surface area contributed by atoms with Crippen LogP contribution in [0.3, 0.4) is 0 Å². The molecule has 0 spiro atoms. The Bertz CT molecular complexity index is 1120. The molecular formula is C22H21NO2S. The Hall–Kier alpha value is -2.59. The van der Waals surface area contributed by atoms with Crippen LogP contribution in [0.5, 0.6) is 5.75 Å². The summed E-state index contributed by atoms with van der Waals surface area (Å²) in [4.78, 5) is 15.3. The zero-order valence-corrected chi connectivity index (χ0v) is 15.8. The number of unbranched alkanes of at least 4 members (excludes halogenated alkanes) is 1. The number of H-pyrrole nitrogens is 1. The molecule has 0 amide bonds. The Morgan fingerprint density at radius 2 is 1.88 bits per heavy atom. The fraction of sp³-hybridized carbons (Fsp3) is 0.227. The second-order valence-electron chi connectivity index (χ2n) is 6.48. The number of rotatable bonds is 5. The minimum atomic E-state index is -0.0338. The second kappa shape index (κ2) is 6.96. The fourth-order valence-electron chi connectivity index (χ4n) is 3.50. The van der Waals surface area contributed by atoms with Crippen molar-refractivity contribution in [1.82, 2.24) is 4.98 Å². The van der Waals surface area contributed by atoms with Gasteiger partial charge in [-0.1, -0.05) is 37.6 Å². The van der Waals surface area contributed by atoms with Gasteiger partial charge < -0.3 is 9.72 Å². The predicted molar refractivity (Wildman–Crippen MR) is 111 cm³/mol. The molecule has 1 N–H and O–H groups in total. The first-order valence-electron chi connectivity index (χ1n) is 8.92. The average molecular weight is 363 g/mol. The van der Waals surface area contributed by atoms with E-state index in [1.54, 1.807) is 7.11 Å². The van der Waals surface area contributed by atoms with E-state index < -0.39 is 0 Å². The quantitative estimate of drug-likeness (QED) is 0.490. The summed E-state index contributed by atoms with van der Waals surface area (Å²) in [7, 11) is 1.69. The Labute approximate surface area is 156 Å². The van der Waals surface area contributed by atoms with Crippen LogP contribution < -0.4 is 10.3 Å². The van der Waals surface area contributed by atoms with E-state index in [4.69, 9.17) is 4.74 Å². The van der Waals surface area contributed by atoms with Crippen molar-refractivity contribution in [1.29, 1.82) is 0 Å². The van der Waals surface area contributed by atoms with Crippen LogP contribution in [-0.4, -0.2) is 12.1 Å². The highest BCUT2D eigenvalue weighted by Crippen LogP contribution is 2.40. The van der Waals surface area contributed by atoms with Crippen molar-refractivity contribution in [2.24, 2.45) is 0 Å². The lowest BCUT2D eigenvalue weighted by molar-refractivity contribution is 0.417. The molecule has 0 aliphatic rings. The standard InChI is InChI=1S/C22H21NO2S/c1-3-4-5-14-6-8-15(9-7-14)19-18(25-2)11-10-17-20(19)16-12-13-26-21(16)22(24)23-17/h6-13H,3-5H2,1-2H3,(H,23,24). The number of hydrogen-bond acceptors (Lipinski definition) is 3. The normalized spacial score (nSPS) is 11.3. The topological polar surface area (TPSA) is 42.1 Å². The lowest BCUT2D eigenvalue weighted by Crippen LogP contribution is -2.05. The third kappa shape index (κ3) is 2.80. The van der Waals surface area contributed by atoms with Gasteiger partial charge in [0.25, 0.3) is 5.56 Å². The van der Waals surface area contributed by atoms with Crippen LogP contribution in [0, 0.1) is 0 Å². The third-order valence-electron chi connectivity index (χ3n) is 4.84. The van der Waals surface area contributed by atoms with Crippen LogP contribution in [0.25, 0.3) is 32.1 Å². The molecule has 0 saturated heterocycles. The summed E-state index contributed by atoms with van der Waals surface area (Å²) in [6.45, 7) is 2.21. The fourth-order valence-corrected chi connectivity index (χ4v) is 4.30. The van der Waals surface area contributed by atoms with Crippen LogP contribution in [0.2, 0.25) is 0 Å². The summed E-state index contributed by atoms with van der Waals surface area (Å²) in [5.41, 5.74) is 4.29. The van der Waals surface area contributed by atoms with Gasteiger partial charge in [0.1, 0.15) is 10.4 Å². The maximum absolute atomic E-state index is 12.3. The van der Waals surface area contributed by atoms with Crippen molar-refractivity contribution in [3.8, 4) is 16.9 Å². The lowest BCUT2D eigenvalue weighted by atomic mass is 9.96. The number of thiophene rings is 1. The van der Waals surface area contributed by atoms with Gasteiger partial charge in [0.05, 0.1) is 7.11 Å². The van der Waals surface area contributed by atoms with Crippen molar-refractivity contribution in [2.45, 2.75) is 26.2 Å². The van der Waals surface area contributed by atoms with Gasteiger partial charge in [0, 0.05) is 21.9 Å². The van der Waals surface area contributed by atoms with Gasteiger partial charge in [-0.25, -0.2) is 0 Å². The molecule has 132 valence electrons. The summed E-state index contributed by atoms with van der Waals surface area (Å²) < 4.78 is 6.43. The molecule has 0 radical (unpaired) electrons. The summed E-state index contributed by atoms with van der Waals surface area (Å²) in [6.07, 6.45) is 3.50. The maximum atomic E-state index is 12.3. The Morgan fingerprint density at radius 3 is 2.62 bits per heavy atom. The number of ether oxygens (including phenoxy) is 1. The number of fused-ring (bicyclic) bond motifs is 3. The van der Waals surface area contributed by atoms with E-state index in [0.29, 0.717) is 0 Å².